The molecule has 1 aromatic carbocycles. The highest BCUT2D eigenvalue weighted by Crippen LogP contribution is 2.23. The number of halogens is 1. The molecule has 0 radical (unpaired) electrons. The van der Waals surface area contributed by atoms with Gasteiger partial charge in [0.15, 0.2) is 0 Å². The predicted molar refractivity (Wildman–Crippen MR) is 74.7 cm³/mol. The minimum absolute atomic E-state index is 0.144. The van der Waals surface area contributed by atoms with Gasteiger partial charge in [-0.1, -0.05) is 11.6 Å². The van der Waals surface area contributed by atoms with Gasteiger partial charge in [-0.25, -0.2) is 4.79 Å². The molecule has 1 aromatic heterocycles. The Morgan fingerprint density at radius 2 is 2.20 bits per heavy atom. The number of carboxylic acid groups (broad SMARTS) is 1. The lowest BCUT2D eigenvalue weighted by Crippen LogP contribution is -2.04. The van der Waals surface area contributed by atoms with Crippen LogP contribution < -0.4 is 5.32 Å². The van der Waals surface area contributed by atoms with Crippen molar-refractivity contribution in [2.45, 2.75) is 6.54 Å². The smallest absolute Gasteiger partial charge is 0.337 e. The fraction of sp³-hybridized carbons (Fsp3) is 0.0714. The minimum Gasteiger partial charge on any atom is -0.478 e. The van der Waals surface area contributed by atoms with Crippen LogP contribution in [0.2, 0.25) is 5.02 Å². The number of benzene rings is 1. The molecule has 2 N–H and O–H groups in total. The SMILES string of the molecule is N#Cc1ccc(NCc2ccc(C(=O)O)cn2)c(Cl)c1. The quantitative estimate of drug-likeness (QED) is 0.903. The predicted octanol–water partition coefficient (Wildman–Crippen LogP) is 2.92. The molecule has 0 saturated carbocycles. The highest BCUT2D eigenvalue weighted by molar-refractivity contribution is 6.33. The molecule has 6 heteroatoms. The van der Waals surface area contributed by atoms with Gasteiger partial charge in [0.25, 0.3) is 0 Å². The van der Waals surface area contributed by atoms with Crippen molar-refractivity contribution in [2.75, 3.05) is 5.32 Å². The minimum atomic E-state index is -1.01. The van der Waals surface area contributed by atoms with Gasteiger partial charge in [0.2, 0.25) is 0 Å². The second-order valence-corrected chi connectivity index (χ2v) is 4.41. The number of anilines is 1. The third-order valence-corrected chi connectivity index (χ3v) is 2.94. The molecule has 0 aliphatic rings. The standard InChI is InChI=1S/C14H10ClN3O2/c15-12-5-9(6-16)1-4-13(12)18-8-11-3-2-10(7-17-11)14(19)20/h1-5,7,18H,8H2,(H,19,20). The van der Waals surface area contributed by atoms with Crippen LogP contribution in [0.3, 0.4) is 0 Å². The number of hydrogen-bond donors (Lipinski definition) is 2. The van der Waals surface area contributed by atoms with Gasteiger partial charge in [0.1, 0.15) is 0 Å². The number of hydrogen-bond acceptors (Lipinski definition) is 4. The zero-order valence-corrected chi connectivity index (χ0v) is 11.1. The number of carboxylic acids is 1. The van der Waals surface area contributed by atoms with Gasteiger partial charge >= 0.3 is 5.97 Å². The summed E-state index contributed by atoms with van der Waals surface area (Å²) in [5.74, 6) is -1.01. The molecule has 0 spiro atoms. The zero-order chi connectivity index (χ0) is 14.5. The first-order valence-corrected chi connectivity index (χ1v) is 6.09. The van der Waals surface area contributed by atoms with E-state index in [1.807, 2.05) is 6.07 Å². The Balaban J connectivity index is 2.05. The van der Waals surface area contributed by atoms with Gasteiger partial charge < -0.3 is 10.4 Å². The van der Waals surface area contributed by atoms with Gasteiger partial charge in [0, 0.05) is 6.20 Å². The van der Waals surface area contributed by atoms with Crippen LogP contribution in [0.4, 0.5) is 5.69 Å². The molecular weight excluding hydrogens is 278 g/mol. The molecule has 5 nitrogen and oxygen atoms in total. The Morgan fingerprint density at radius 1 is 1.40 bits per heavy atom. The van der Waals surface area contributed by atoms with Crippen molar-refractivity contribution in [1.82, 2.24) is 4.98 Å². The maximum Gasteiger partial charge on any atom is 0.337 e. The van der Waals surface area contributed by atoms with Crippen LogP contribution in [-0.4, -0.2) is 16.1 Å². The molecule has 0 atom stereocenters. The van der Waals surface area contributed by atoms with Gasteiger partial charge in [-0.2, -0.15) is 5.26 Å². The second-order valence-electron chi connectivity index (χ2n) is 4.00. The molecule has 0 bridgehead atoms. The van der Waals surface area contributed by atoms with Crippen LogP contribution in [0.5, 0.6) is 0 Å². The van der Waals surface area contributed by atoms with E-state index in [-0.39, 0.29) is 5.56 Å². The van der Waals surface area contributed by atoms with E-state index < -0.39 is 5.97 Å². The van der Waals surface area contributed by atoms with Crippen molar-refractivity contribution in [1.29, 1.82) is 5.26 Å². The van der Waals surface area contributed by atoms with Crippen LogP contribution >= 0.6 is 11.6 Å². The summed E-state index contributed by atoms with van der Waals surface area (Å²) in [6.45, 7) is 0.408. The maximum atomic E-state index is 10.7. The number of nitriles is 1. The number of aromatic carboxylic acids is 1. The average molecular weight is 288 g/mol. The van der Waals surface area contributed by atoms with Gasteiger partial charge in [0.05, 0.1) is 40.1 Å². The lowest BCUT2D eigenvalue weighted by molar-refractivity contribution is 0.0696. The van der Waals surface area contributed by atoms with Crippen LogP contribution in [0.25, 0.3) is 0 Å². The highest BCUT2D eigenvalue weighted by atomic mass is 35.5. The molecule has 0 amide bonds. The topological polar surface area (TPSA) is 86.0 Å². The summed E-state index contributed by atoms with van der Waals surface area (Å²) in [6, 6.07) is 10.1. The first-order valence-electron chi connectivity index (χ1n) is 5.72. The summed E-state index contributed by atoms with van der Waals surface area (Å²) >= 11 is 6.03. The highest BCUT2D eigenvalue weighted by Gasteiger charge is 2.04. The van der Waals surface area contributed by atoms with E-state index in [0.717, 1.165) is 0 Å². The summed E-state index contributed by atoms with van der Waals surface area (Å²) in [6.07, 6.45) is 1.31. The molecule has 0 aliphatic heterocycles. The van der Waals surface area contributed by atoms with E-state index in [9.17, 15) is 4.79 Å². The fourth-order valence-corrected chi connectivity index (χ4v) is 1.82. The molecule has 20 heavy (non-hydrogen) atoms. The summed E-state index contributed by atoms with van der Waals surface area (Å²) in [5.41, 5.74) is 2.01. The lowest BCUT2D eigenvalue weighted by atomic mass is 10.2. The monoisotopic (exact) mass is 287 g/mol. The van der Waals surface area contributed by atoms with Crippen LogP contribution in [0.15, 0.2) is 36.5 Å². The van der Waals surface area contributed by atoms with E-state index in [1.165, 1.54) is 12.3 Å². The normalized spacial score (nSPS) is 9.80. The summed E-state index contributed by atoms with van der Waals surface area (Å²) < 4.78 is 0. The average Bonchev–Trinajstić information content (AvgIpc) is 2.46. The van der Waals surface area contributed by atoms with Gasteiger partial charge in [-0.3, -0.25) is 4.98 Å². The van der Waals surface area contributed by atoms with Crippen LogP contribution in [-0.2, 0) is 6.54 Å². The van der Waals surface area contributed by atoms with Crippen molar-refractivity contribution in [3.05, 3.63) is 58.4 Å². The summed E-state index contributed by atoms with van der Waals surface area (Å²) in [4.78, 5) is 14.7. The molecule has 0 unspecified atom stereocenters. The van der Waals surface area contributed by atoms with E-state index in [0.29, 0.717) is 28.5 Å². The van der Waals surface area contributed by atoms with Gasteiger partial charge in [-0.05, 0) is 30.3 Å². The number of aromatic nitrogens is 1. The second kappa shape index (κ2) is 6.04. The van der Waals surface area contributed by atoms with Crippen LogP contribution in [0, 0.1) is 11.3 Å². The number of rotatable bonds is 4. The maximum absolute atomic E-state index is 10.7. The molecule has 1 heterocycles. The lowest BCUT2D eigenvalue weighted by Gasteiger charge is -2.08. The molecule has 0 saturated heterocycles. The third-order valence-electron chi connectivity index (χ3n) is 2.63. The molecular formula is C14H10ClN3O2. The first-order chi connectivity index (χ1) is 9.60. The Labute approximate surface area is 120 Å². The fourth-order valence-electron chi connectivity index (χ4n) is 1.57. The Morgan fingerprint density at radius 3 is 2.75 bits per heavy atom. The number of nitrogens with one attached hydrogen (secondary N) is 1. The Kier molecular flexibility index (Phi) is 4.18. The van der Waals surface area contributed by atoms with Crippen molar-refractivity contribution >= 4 is 23.3 Å². The molecule has 100 valence electrons. The molecule has 2 rings (SSSR count). The van der Waals surface area contributed by atoms with Crippen molar-refractivity contribution in [2.24, 2.45) is 0 Å². The van der Waals surface area contributed by atoms with E-state index >= 15 is 0 Å². The number of carbonyl (C=O) groups is 1. The van der Waals surface area contributed by atoms with E-state index in [2.05, 4.69) is 10.3 Å². The zero-order valence-electron chi connectivity index (χ0n) is 10.3. The molecule has 0 fully saturated rings. The van der Waals surface area contributed by atoms with Gasteiger partial charge in [-0.15, -0.1) is 0 Å². The summed E-state index contributed by atoms with van der Waals surface area (Å²) in [7, 11) is 0. The molecule has 2 aromatic rings. The number of pyridine rings is 1. The summed E-state index contributed by atoms with van der Waals surface area (Å²) in [5, 5.41) is 21.0. The van der Waals surface area contributed by atoms with E-state index in [4.69, 9.17) is 22.0 Å². The Bertz CT molecular complexity index is 678. The van der Waals surface area contributed by atoms with Crippen molar-refractivity contribution in [3.63, 3.8) is 0 Å². The van der Waals surface area contributed by atoms with Crippen molar-refractivity contribution < 1.29 is 9.90 Å². The largest absolute Gasteiger partial charge is 0.478 e. The number of nitrogens with zero attached hydrogens (tertiary/aromatic N) is 2. The van der Waals surface area contributed by atoms with Crippen LogP contribution in [0.1, 0.15) is 21.6 Å². The van der Waals surface area contributed by atoms with Crippen molar-refractivity contribution in [3.8, 4) is 6.07 Å². The Hall–Kier alpha value is -2.58. The van der Waals surface area contributed by atoms with E-state index in [1.54, 1.807) is 24.3 Å². The molecule has 0 aliphatic carbocycles. The first kappa shape index (κ1) is 13.8. The third kappa shape index (κ3) is 3.25.